The largest absolute Gasteiger partial charge is 0.320 e. The molecule has 8 nitrogen and oxygen atoms in total. The lowest BCUT2D eigenvalue weighted by Crippen LogP contribution is -2.13. The van der Waals surface area contributed by atoms with Gasteiger partial charge in [-0.25, -0.2) is 9.97 Å². The van der Waals surface area contributed by atoms with Crippen molar-refractivity contribution >= 4 is 40.0 Å². The Morgan fingerprint density at radius 1 is 1.12 bits per heavy atom. The van der Waals surface area contributed by atoms with E-state index in [4.69, 9.17) is 21.6 Å². The second-order valence-electron chi connectivity index (χ2n) is 8.07. The summed E-state index contributed by atoms with van der Waals surface area (Å²) in [6.07, 6.45) is 2.78. The lowest BCUT2D eigenvalue weighted by molar-refractivity contribution is -0.384. The molecule has 1 amide bonds. The van der Waals surface area contributed by atoms with Crippen molar-refractivity contribution in [2.24, 2.45) is 0 Å². The van der Waals surface area contributed by atoms with Crippen molar-refractivity contribution in [3.05, 3.63) is 92.4 Å². The van der Waals surface area contributed by atoms with Crippen LogP contribution in [0.1, 0.15) is 47.2 Å². The number of hydrogen-bond acceptors (Lipinski definition) is 5. The minimum absolute atomic E-state index is 0.0560. The normalized spacial score (nSPS) is 11.0. The molecular weight excluding hydrogens is 454 g/mol. The van der Waals surface area contributed by atoms with Crippen molar-refractivity contribution in [2.75, 3.05) is 5.32 Å². The molecule has 0 fully saturated rings. The van der Waals surface area contributed by atoms with Gasteiger partial charge in [-0.1, -0.05) is 37.1 Å². The number of anilines is 1. The van der Waals surface area contributed by atoms with E-state index in [0.29, 0.717) is 39.7 Å². The van der Waals surface area contributed by atoms with Crippen LogP contribution in [0.25, 0.3) is 11.2 Å². The van der Waals surface area contributed by atoms with Crippen LogP contribution in [0, 0.1) is 17.0 Å². The predicted octanol–water partition coefficient (Wildman–Crippen LogP) is 5.94. The number of rotatable bonds is 8. The summed E-state index contributed by atoms with van der Waals surface area (Å²) in [5.41, 5.74) is 4.13. The van der Waals surface area contributed by atoms with Crippen LogP contribution in [-0.4, -0.2) is 25.4 Å². The van der Waals surface area contributed by atoms with Crippen LogP contribution in [0.2, 0.25) is 5.02 Å². The number of unbranched alkanes of at least 4 members (excludes halogenated alkanes) is 1. The molecule has 2 heterocycles. The number of imidazole rings is 1. The van der Waals surface area contributed by atoms with Crippen LogP contribution >= 0.6 is 11.6 Å². The SMILES string of the molecule is CCCCc1nc2cc(NC(=O)c3ccc(Cl)cc3)c(C)nc2n1Cc1ccc([N+](=O)[O-])cc1. The van der Waals surface area contributed by atoms with E-state index in [0.717, 1.165) is 30.7 Å². The van der Waals surface area contributed by atoms with Crippen molar-refractivity contribution < 1.29 is 9.72 Å². The van der Waals surface area contributed by atoms with Gasteiger partial charge in [-0.2, -0.15) is 0 Å². The molecule has 34 heavy (non-hydrogen) atoms. The number of aryl methyl sites for hydroxylation is 2. The molecule has 0 aliphatic carbocycles. The fourth-order valence-electron chi connectivity index (χ4n) is 3.70. The molecule has 0 radical (unpaired) electrons. The number of amides is 1. The first-order valence-corrected chi connectivity index (χ1v) is 11.4. The summed E-state index contributed by atoms with van der Waals surface area (Å²) >= 11 is 5.92. The quantitative estimate of drug-likeness (QED) is 0.249. The van der Waals surface area contributed by atoms with E-state index >= 15 is 0 Å². The van der Waals surface area contributed by atoms with Crippen LogP contribution in [0.5, 0.6) is 0 Å². The molecule has 4 aromatic rings. The standard InChI is InChI=1S/C25H24ClN5O3/c1-3-4-5-23-28-22-14-21(29-25(32)18-8-10-19(26)11-9-18)16(2)27-24(22)30(23)15-17-6-12-20(13-7-17)31(33)34/h6-14H,3-5,15H2,1-2H3,(H,29,32). The molecule has 9 heteroatoms. The molecule has 0 aliphatic heterocycles. The minimum atomic E-state index is -0.409. The smallest absolute Gasteiger partial charge is 0.269 e. The van der Waals surface area contributed by atoms with Crippen molar-refractivity contribution in [2.45, 2.75) is 39.7 Å². The zero-order valence-corrected chi connectivity index (χ0v) is 19.7. The van der Waals surface area contributed by atoms with Gasteiger partial charge in [0.2, 0.25) is 0 Å². The van der Waals surface area contributed by atoms with Crippen LogP contribution < -0.4 is 5.32 Å². The van der Waals surface area contributed by atoms with Gasteiger partial charge >= 0.3 is 0 Å². The summed E-state index contributed by atoms with van der Waals surface area (Å²) < 4.78 is 2.05. The van der Waals surface area contributed by atoms with E-state index in [2.05, 4.69) is 12.2 Å². The van der Waals surface area contributed by atoms with E-state index in [-0.39, 0.29) is 11.6 Å². The molecule has 0 aliphatic rings. The van der Waals surface area contributed by atoms with E-state index in [1.54, 1.807) is 36.4 Å². The van der Waals surface area contributed by atoms with E-state index in [9.17, 15) is 14.9 Å². The lowest BCUT2D eigenvalue weighted by Gasteiger charge is -2.11. The highest BCUT2D eigenvalue weighted by molar-refractivity contribution is 6.30. The Bertz CT molecular complexity index is 1350. The Morgan fingerprint density at radius 2 is 1.82 bits per heavy atom. The highest BCUT2D eigenvalue weighted by Gasteiger charge is 2.17. The Hall–Kier alpha value is -3.78. The topological polar surface area (TPSA) is 103 Å². The van der Waals surface area contributed by atoms with Gasteiger partial charge in [0, 0.05) is 29.1 Å². The number of nitro benzene ring substituents is 1. The average Bonchev–Trinajstić information content (AvgIpc) is 3.14. The summed E-state index contributed by atoms with van der Waals surface area (Å²) in [5, 5.41) is 14.5. The van der Waals surface area contributed by atoms with E-state index in [1.165, 1.54) is 12.1 Å². The molecule has 0 spiro atoms. The van der Waals surface area contributed by atoms with Gasteiger partial charge in [0.15, 0.2) is 5.65 Å². The number of nitrogens with one attached hydrogen (secondary N) is 1. The summed E-state index contributed by atoms with van der Waals surface area (Å²) in [5.74, 6) is 0.640. The average molecular weight is 478 g/mol. The van der Waals surface area contributed by atoms with Gasteiger partial charge < -0.3 is 9.88 Å². The van der Waals surface area contributed by atoms with Crippen molar-refractivity contribution in [1.29, 1.82) is 0 Å². The second kappa shape index (κ2) is 10.0. The molecule has 0 saturated heterocycles. The van der Waals surface area contributed by atoms with Crippen LogP contribution in [0.15, 0.2) is 54.6 Å². The fourth-order valence-corrected chi connectivity index (χ4v) is 3.83. The monoisotopic (exact) mass is 477 g/mol. The first-order chi connectivity index (χ1) is 16.4. The third-order valence-electron chi connectivity index (χ3n) is 5.59. The number of non-ortho nitro benzene ring substituents is 1. The molecule has 2 aromatic heterocycles. The Balaban J connectivity index is 1.67. The van der Waals surface area contributed by atoms with Crippen LogP contribution in [0.4, 0.5) is 11.4 Å². The van der Waals surface area contributed by atoms with Gasteiger partial charge in [-0.05, 0) is 49.2 Å². The Morgan fingerprint density at radius 3 is 2.47 bits per heavy atom. The fraction of sp³-hybridized carbons (Fsp3) is 0.240. The first kappa shape index (κ1) is 23.4. The predicted molar refractivity (Wildman–Crippen MR) is 132 cm³/mol. The molecule has 0 saturated carbocycles. The molecular formula is C25H24ClN5O3. The number of nitrogens with zero attached hydrogens (tertiary/aromatic N) is 4. The molecule has 174 valence electrons. The highest BCUT2D eigenvalue weighted by atomic mass is 35.5. The number of aromatic nitrogens is 3. The third-order valence-corrected chi connectivity index (χ3v) is 5.84. The number of carbonyl (C=O) groups excluding carboxylic acids is 1. The van der Waals surface area contributed by atoms with Gasteiger partial charge in [-0.15, -0.1) is 0 Å². The maximum Gasteiger partial charge on any atom is 0.269 e. The van der Waals surface area contributed by atoms with Crippen molar-refractivity contribution in [3.8, 4) is 0 Å². The number of hydrogen-bond donors (Lipinski definition) is 1. The van der Waals surface area contributed by atoms with Gasteiger partial charge in [0.05, 0.1) is 22.8 Å². The summed E-state index contributed by atoms with van der Waals surface area (Å²) in [6.45, 7) is 4.46. The van der Waals surface area contributed by atoms with Crippen molar-refractivity contribution in [1.82, 2.24) is 14.5 Å². The summed E-state index contributed by atoms with van der Waals surface area (Å²) in [7, 11) is 0. The van der Waals surface area contributed by atoms with Crippen LogP contribution in [0.3, 0.4) is 0 Å². The summed E-state index contributed by atoms with van der Waals surface area (Å²) in [4.78, 5) is 32.8. The number of benzene rings is 2. The lowest BCUT2D eigenvalue weighted by atomic mass is 10.2. The molecule has 2 aromatic carbocycles. The third kappa shape index (κ3) is 5.07. The number of halogens is 1. The Kier molecular flexibility index (Phi) is 6.88. The number of carbonyl (C=O) groups is 1. The number of nitro groups is 1. The molecule has 1 N–H and O–H groups in total. The zero-order valence-electron chi connectivity index (χ0n) is 18.9. The number of fused-ring (bicyclic) bond motifs is 1. The number of pyridine rings is 1. The van der Waals surface area contributed by atoms with Gasteiger partial charge in [-0.3, -0.25) is 14.9 Å². The summed E-state index contributed by atoms with van der Waals surface area (Å²) in [6, 6.07) is 15.0. The van der Waals surface area contributed by atoms with Crippen molar-refractivity contribution in [3.63, 3.8) is 0 Å². The minimum Gasteiger partial charge on any atom is -0.320 e. The second-order valence-corrected chi connectivity index (χ2v) is 8.50. The van der Waals surface area contributed by atoms with Gasteiger partial charge in [0.1, 0.15) is 11.3 Å². The highest BCUT2D eigenvalue weighted by Crippen LogP contribution is 2.25. The molecule has 4 rings (SSSR count). The molecule has 0 atom stereocenters. The Labute approximate surface area is 201 Å². The zero-order chi connectivity index (χ0) is 24.2. The maximum atomic E-state index is 12.7. The van der Waals surface area contributed by atoms with Crippen LogP contribution in [-0.2, 0) is 13.0 Å². The van der Waals surface area contributed by atoms with E-state index in [1.807, 2.05) is 17.6 Å². The van der Waals surface area contributed by atoms with Gasteiger partial charge in [0.25, 0.3) is 11.6 Å². The molecule has 0 bridgehead atoms. The molecule has 0 unspecified atom stereocenters. The maximum absolute atomic E-state index is 12.7. The first-order valence-electron chi connectivity index (χ1n) is 11.0. The van der Waals surface area contributed by atoms with E-state index < -0.39 is 4.92 Å².